The first kappa shape index (κ1) is 13.9. The molecule has 0 amide bonds. The standard InChI is InChI=1S/C16H27NO/c1-2-14-8-11-16(18,12-14)15(13-17)9-6-4-3-5-7-10-15/h14,18H,2-12H2,1H3. The Balaban J connectivity index is 2.17. The zero-order valence-corrected chi connectivity index (χ0v) is 11.7. The fourth-order valence-corrected chi connectivity index (χ4v) is 4.10. The van der Waals surface area contributed by atoms with Gasteiger partial charge in [-0.2, -0.15) is 5.26 Å². The Labute approximate surface area is 111 Å². The van der Waals surface area contributed by atoms with Crippen molar-refractivity contribution in [3.05, 3.63) is 0 Å². The van der Waals surface area contributed by atoms with Crippen LogP contribution in [0.4, 0.5) is 0 Å². The topological polar surface area (TPSA) is 44.0 Å². The summed E-state index contributed by atoms with van der Waals surface area (Å²) in [6.45, 7) is 2.20. The van der Waals surface area contributed by atoms with Crippen LogP contribution in [-0.2, 0) is 0 Å². The summed E-state index contributed by atoms with van der Waals surface area (Å²) >= 11 is 0. The predicted octanol–water partition coefficient (Wildman–Crippen LogP) is 4.18. The summed E-state index contributed by atoms with van der Waals surface area (Å²) in [5.74, 6) is 0.630. The van der Waals surface area contributed by atoms with Crippen molar-refractivity contribution < 1.29 is 5.11 Å². The zero-order valence-electron chi connectivity index (χ0n) is 11.7. The largest absolute Gasteiger partial charge is 0.388 e. The van der Waals surface area contributed by atoms with E-state index in [1.165, 1.54) is 19.3 Å². The van der Waals surface area contributed by atoms with Crippen LogP contribution in [0, 0.1) is 22.7 Å². The van der Waals surface area contributed by atoms with Gasteiger partial charge in [0.25, 0.3) is 0 Å². The van der Waals surface area contributed by atoms with E-state index >= 15 is 0 Å². The Hall–Kier alpha value is -0.550. The molecule has 2 saturated carbocycles. The number of hydrogen-bond donors (Lipinski definition) is 1. The molecule has 2 unspecified atom stereocenters. The molecule has 0 aromatic carbocycles. The Bertz CT molecular complexity index is 312. The molecule has 0 saturated heterocycles. The summed E-state index contributed by atoms with van der Waals surface area (Å²) < 4.78 is 0. The van der Waals surface area contributed by atoms with Crippen LogP contribution in [0.25, 0.3) is 0 Å². The first-order valence-corrected chi connectivity index (χ1v) is 7.79. The second-order valence-electron chi connectivity index (χ2n) is 6.51. The van der Waals surface area contributed by atoms with Gasteiger partial charge in [-0.1, -0.05) is 45.4 Å². The predicted molar refractivity (Wildman–Crippen MR) is 72.9 cm³/mol. The molecule has 2 heteroatoms. The Kier molecular flexibility index (Phi) is 4.33. The maximum Gasteiger partial charge on any atom is 0.0860 e. The summed E-state index contributed by atoms with van der Waals surface area (Å²) in [4.78, 5) is 0. The minimum atomic E-state index is -0.695. The molecular weight excluding hydrogens is 222 g/mol. The van der Waals surface area contributed by atoms with E-state index in [1.807, 2.05) is 0 Å². The third kappa shape index (κ3) is 2.43. The van der Waals surface area contributed by atoms with E-state index in [0.717, 1.165) is 51.4 Å². The molecule has 102 valence electrons. The van der Waals surface area contributed by atoms with Crippen LogP contribution in [0.5, 0.6) is 0 Å². The van der Waals surface area contributed by atoms with Gasteiger partial charge in [-0.3, -0.25) is 0 Å². The highest BCUT2D eigenvalue weighted by Gasteiger charge is 2.53. The lowest BCUT2D eigenvalue weighted by Gasteiger charge is -2.42. The number of nitrogens with zero attached hydrogens (tertiary/aromatic N) is 1. The molecule has 0 heterocycles. The van der Waals surface area contributed by atoms with Crippen LogP contribution in [-0.4, -0.2) is 10.7 Å². The van der Waals surface area contributed by atoms with Gasteiger partial charge in [0.1, 0.15) is 0 Å². The molecule has 2 nitrogen and oxygen atoms in total. The summed E-state index contributed by atoms with van der Waals surface area (Å²) in [5, 5.41) is 20.8. The van der Waals surface area contributed by atoms with Gasteiger partial charge in [0.05, 0.1) is 17.1 Å². The molecule has 0 radical (unpaired) electrons. The molecule has 18 heavy (non-hydrogen) atoms. The number of aliphatic hydroxyl groups is 1. The van der Waals surface area contributed by atoms with Crippen molar-refractivity contribution in [3.63, 3.8) is 0 Å². The summed E-state index contributed by atoms with van der Waals surface area (Å²) in [7, 11) is 0. The molecular formula is C16H27NO. The van der Waals surface area contributed by atoms with E-state index in [0.29, 0.717) is 5.92 Å². The van der Waals surface area contributed by atoms with Gasteiger partial charge in [-0.15, -0.1) is 0 Å². The molecule has 2 atom stereocenters. The van der Waals surface area contributed by atoms with Crippen LogP contribution >= 0.6 is 0 Å². The van der Waals surface area contributed by atoms with E-state index < -0.39 is 11.0 Å². The first-order valence-electron chi connectivity index (χ1n) is 7.79. The monoisotopic (exact) mass is 249 g/mol. The van der Waals surface area contributed by atoms with Crippen molar-refractivity contribution in [2.45, 2.75) is 83.2 Å². The number of hydrogen-bond acceptors (Lipinski definition) is 2. The average Bonchev–Trinajstić information content (AvgIpc) is 2.73. The van der Waals surface area contributed by atoms with E-state index in [1.54, 1.807) is 0 Å². The maximum atomic E-state index is 11.1. The second-order valence-corrected chi connectivity index (χ2v) is 6.51. The van der Waals surface area contributed by atoms with Gasteiger partial charge in [-0.05, 0) is 38.0 Å². The normalized spacial score (nSPS) is 36.6. The molecule has 0 aromatic rings. The second kappa shape index (κ2) is 5.61. The fourth-order valence-electron chi connectivity index (χ4n) is 4.10. The highest BCUT2D eigenvalue weighted by Crippen LogP contribution is 2.52. The van der Waals surface area contributed by atoms with E-state index in [-0.39, 0.29) is 0 Å². The van der Waals surface area contributed by atoms with Crippen LogP contribution in [0.1, 0.15) is 77.6 Å². The van der Waals surface area contributed by atoms with Gasteiger partial charge in [0.2, 0.25) is 0 Å². The van der Waals surface area contributed by atoms with Gasteiger partial charge in [-0.25, -0.2) is 0 Å². The van der Waals surface area contributed by atoms with Crippen LogP contribution in [0.3, 0.4) is 0 Å². The van der Waals surface area contributed by atoms with Crippen LogP contribution in [0.2, 0.25) is 0 Å². The number of nitriles is 1. The van der Waals surface area contributed by atoms with Crippen molar-refractivity contribution >= 4 is 0 Å². The maximum absolute atomic E-state index is 11.1. The molecule has 2 rings (SSSR count). The molecule has 1 N–H and O–H groups in total. The molecule has 0 bridgehead atoms. The fraction of sp³-hybridized carbons (Fsp3) is 0.938. The quantitative estimate of drug-likeness (QED) is 0.797. The van der Waals surface area contributed by atoms with Gasteiger partial charge < -0.3 is 5.11 Å². The summed E-state index contributed by atoms with van der Waals surface area (Å²) in [6.07, 6.45) is 11.8. The molecule has 2 aliphatic carbocycles. The third-order valence-electron chi connectivity index (χ3n) is 5.48. The SMILES string of the molecule is CCC1CCC(O)(C2(C#N)CCCCCCC2)C1. The van der Waals surface area contributed by atoms with Crippen molar-refractivity contribution in [3.8, 4) is 6.07 Å². The zero-order chi connectivity index (χ0) is 13.1. The third-order valence-corrected chi connectivity index (χ3v) is 5.48. The molecule has 0 aromatic heterocycles. The van der Waals surface area contributed by atoms with Crippen molar-refractivity contribution in [2.24, 2.45) is 11.3 Å². The lowest BCUT2D eigenvalue weighted by atomic mass is 9.64. The van der Waals surface area contributed by atoms with Crippen molar-refractivity contribution in [1.82, 2.24) is 0 Å². The lowest BCUT2D eigenvalue weighted by molar-refractivity contribution is -0.0649. The molecule has 2 fully saturated rings. The van der Waals surface area contributed by atoms with Crippen LogP contribution in [0.15, 0.2) is 0 Å². The highest BCUT2D eigenvalue weighted by molar-refractivity contribution is 5.14. The van der Waals surface area contributed by atoms with Crippen molar-refractivity contribution in [2.75, 3.05) is 0 Å². The van der Waals surface area contributed by atoms with E-state index in [4.69, 9.17) is 0 Å². The van der Waals surface area contributed by atoms with E-state index in [9.17, 15) is 10.4 Å². The van der Waals surface area contributed by atoms with E-state index in [2.05, 4.69) is 13.0 Å². The molecule has 0 spiro atoms. The van der Waals surface area contributed by atoms with Gasteiger partial charge in [0.15, 0.2) is 0 Å². The Morgan fingerprint density at radius 2 is 1.72 bits per heavy atom. The molecule has 2 aliphatic rings. The number of rotatable bonds is 2. The summed E-state index contributed by atoms with van der Waals surface area (Å²) in [5.41, 5.74) is -1.14. The minimum absolute atomic E-state index is 0.447. The van der Waals surface area contributed by atoms with Gasteiger partial charge in [0, 0.05) is 0 Å². The van der Waals surface area contributed by atoms with Gasteiger partial charge >= 0.3 is 0 Å². The smallest absolute Gasteiger partial charge is 0.0860 e. The minimum Gasteiger partial charge on any atom is -0.388 e. The van der Waals surface area contributed by atoms with Crippen molar-refractivity contribution in [1.29, 1.82) is 5.26 Å². The first-order chi connectivity index (χ1) is 8.66. The highest BCUT2D eigenvalue weighted by atomic mass is 16.3. The van der Waals surface area contributed by atoms with Crippen LogP contribution < -0.4 is 0 Å². The Morgan fingerprint density at radius 3 is 2.22 bits per heavy atom. The average molecular weight is 249 g/mol. The summed E-state index contributed by atoms with van der Waals surface area (Å²) in [6, 6.07) is 2.56. The lowest BCUT2D eigenvalue weighted by Crippen LogP contribution is -2.46. The molecule has 0 aliphatic heterocycles. The Morgan fingerprint density at radius 1 is 1.11 bits per heavy atom.